The molecule has 0 saturated carbocycles. The van der Waals surface area contributed by atoms with Crippen LogP contribution in [0.15, 0.2) is 22.6 Å². The molecule has 6 heteroatoms. The summed E-state index contributed by atoms with van der Waals surface area (Å²) in [7, 11) is 0. The first-order valence-corrected chi connectivity index (χ1v) is 5.18. The van der Waals surface area contributed by atoms with Crippen LogP contribution in [-0.2, 0) is 0 Å². The summed E-state index contributed by atoms with van der Waals surface area (Å²) in [6, 6.07) is 4.32. The molecule has 1 aromatic heterocycles. The number of anilines is 2. The Morgan fingerprint density at radius 2 is 2.18 bits per heavy atom. The lowest BCUT2D eigenvalue weighted by molar-refractivity contribution is 0.475. The zero-order chi connectivity index (χ0) is 12.4. The summed E-state index contributed by atoms with van der Waals surface area (Å²) < 4.78 is 18.2. The highest BCUT2D eigenvalue weighted by Gasteiger charge is 2.10. The molecule has 1 heterocycles. The average molecular weight is 236 g/mol. The van der Waals surface area contributed by atoms with Crippen LogP contribution in [0.1, 0.15) is 24.4 Å². The van der Waals surface area contributed by atoms with E-state index in [-0.39, 0.29) is 17.9 Å². The first-order chi connectivity index (χ1) is 8.06. The minimum absolute atomic E-state index is 0.243. The average Bonchev–Trinajstić information content (AvgIpc) is 2.71. The van der Waals surface area contributed by atoms with Gasteiger partial charge in [0.25, 0.3) is 0 Å². The normalized spacial score (nSPS) is 12.5. The maximum Gasteiger partial charge on any atom is 0.320 e. The van der Waals surface area contributed by atoms with E-state index in [1.54, 1.807) is 19.9 Å². The van der Waals surface area contributed by atoms with Crippen LogP contribution >= 0.6 is 0 Å². The molecule has 0 aliphatic rings. The van der Waals surface area contributed by atoms with Gasteiger partial charge in [-0.2, -0.15) is 0 Å². The maximum atomic E-state index is 12.9. The van der Waals surface area contributed by atoms with Crippen LogP contribution in [0.3, 0.4) is 0 Å². The van der Waals surface area contributed by atoms with E-state index in [4.69, 9.17) is 10.2 Å². The largest absolute Gasteiger partial charge is 0.406 e. The Kier molecular flexibility index (Phi) is 3.06. The van der Waals surface area contributed by atoms with Gasteiger partial charge >= 0.3 is 6.01 Å². The van der Waals surface area contributed by atoms with Crippen molar-refractivity contribution in [3.63, 3.8) is 0 Å². The van der Waals surface area contributed by atoms with Crippen LogP contribution in [0.25, 0.3) is 0 Å². The Morgan fingerprint density at radius 1 is 1.41 bits per heavy atom. The second kappa shape index (κ2) is 4.50. The van der Waals surface area contributed by atoms with Crippen LogP contribution in [0.2, 0.25) is 0 Å². The number of hydrogen-bond acceptors (Lipinski definition) is 5. The standard InChI is InChI=1S/C11H13FN4O/c1-6-5-8(12)3-4-9(6)14-11-16-15-10(17-11)7(2)13/h3-5,7H,13H2,1-2H3,(H,14,16). The van der Waals surface area contributed by atoms with Gasteiger partial charge in [0.2, 0.25) is 5.89 Å². The molecule has 90 valence electrons. The summed E-state index contributed by atoms with van der Waals surface area (Å²) in [6.45, 7) is 3.54. The fourth-order valence-corrected chi connectivity index (χ4v) is 1.35. The molecule has 0 spiro atoms. The fourth-order valence-electron chi connectivity index (χ4n) is 1.35. The van der Waals surface area contributed by atoms with Crippen LogP contribution < -0.4 is 11.1 Å². The van der Waals surface area contributed by atoms with E-state index in [0.29, 0.717) is 11.6 Å². The third kappa shape index (κ3) is 2.59. The molecule has 0 amide bonds. The number of nitrogens with two attached hydrogens (primary N) is 1. The smallest absolute Gasteiger partial charge is 0.320 e. The lowest BCUT2D eigenvalue weighted by atomic mass is 10.2. The molecule has 5 nitrogen and oxygen atoms in total. The molecule has 1 unspecified atom stereocenters. The van der Waals surface area contributed by atoms with Crippen LogP contribution in [-0.4, -0.2) is 10.2 Å². The third-order valence-corrected chi connectivity index (χ3v) is 2.26. The second-order valence-corrected chi connectivity index (χ2v) is 3.82. The number of halogens is 1. The van der Waals surface area contributed by atoms with Gasteiger partial charge in [-0.15, -0.1) is 5.10 Å². The lowest BCUT2D eigenvalue weighted by Crippen LogP contribution is -2.04. The number of nitrogens with one attached hydrogen (secondary N) is 1. The van der Waals surface area contributed by atoms with Crippen molar-refractivity contribution in [2.24, 2.45) is 5.73 Å². The molecule has 2 rings (SSSR count). The van der Waals surface area contributed by atoms with Gasteiger partial charge in [0.1, 0.15) is 5.82 Å². The molecule has 1 aromatic carbocycles. The van der Waals surface area contributed by atoms with E-state index in [1.807, 2.05) is 0 Å². The second-order valence-electron chi connectivity index (χ2n) is 3.82. The van der Waals surface area contributed by atoms with Gasteiger partial charge in [-0.1, -0.05) is 5.10 Å². The summed E-state index contributed by atoms with van der Waals surface area (Å²) in [5.74, 6) is 0.0714. The Labute approximate surface area is 97.8 Å². The Morgan fingerprint density at radius 3 is 2.76 bits per heavy atom. The number of rotatable bonds is 3. The summed E-state index contributed by atoms with van der Waals surface area (Å²) in [6.07, 6.45) is 0. The van der Waals surface area contributed by atoms with E-state index >= 15 is 0 Å². The Balaban J connectivity index is 2.19. The zero-order valence-corrected chi connectivity index (χ0v) is 9.57. The van der Waals surface area contributed by atoms with Crippen molar-refractivity contribution in [3.8, 4) is 0 Å². The van der Waals surface area contributed by atoms with Crippen molar-refractivity contribution < 1.29 is 8.81 Å². The number of aromatic nitrogens is 2. The van der Waals surface area contributed by atoms with Gasteiger partial charge in [0, 0.05) is 5.69 Å². The quantitative estimate of drug-likeness (QED) is 0.854. The molecular weight excluding hydrogens is 223 g/mol. The van der Waals surface area contributed by atoms with Crippen molar-refractivity contribution in [1.82, 2.24) is 10.2 Å². The van der Waals surface area contributed by atoms with E-state index in [1.165, 1.54) is 12.1 Å². The van der Waals surface area contributed by atoms with Gasteiger partial charge < -0.3 is 15.5 Å². The van der Waals surface area contributed by atoms with E-state index in [0.717, 1.165) is 5.56 Å². The van der Waals surface area contributed by atoms with Crippen LogP contribution in [0.4, 0.5) is 16.1 Å². The van der Waals surface area contributed by atoms with Crippen LogP contribution in [0.5, 0.6) is 0 Å². The molecule has 0 bridgehead atoms. The topological polar surface area (TPSA) is 77.0 Å². The van der Waals surface area contributed by atoms with Crippen molar-refractivity contribution in [3.05, 3.63) is 35.5 Å². The van der Waals surface area contributed by atoms with Gasteiger partial charge in [-0.25, -0.2) is 4.39 Å². The number of benzene rings is 1. The van der Waals surface area contributed by atoms with Gasteiger partial charge in [-0.05, 0) is 37.6 Å². The molecule has 2 aromatic rings. The fraction of sp³-hybridized carbons (Fsp3) is 0.273. The summed E-state index contributed by atoms with van der Waals surface area (Å²) >= 11 is 0. The molecular formula is C11H13FN4O. The molecule has 0 fully saturated rings. The number of nitrogens with zero attached hydrogens (tertiary/aromatic N) is 2. The molecule has 3 N–H and O–H groups in total. The first kappa shape index (κ1) is 11.5. The molecule has 0 saturated heterocycles. The summed E-state index contributed by atoms with van der Waals surface area (Å²) in [5.41, 5.74) is 7.07. The van der Waals surface area contributed by atoms with Crippen molar-refractivity contribution in [1.29, 1.82) is 0 Å². The zero-order valence-electron chi connectivity index (χ0n) is 9.57. The van der Waals surface area contributed by atoms with Crippen LogP contribution in [0, 0.1) is 12.7 Å². The molecule has 17 heavy (non-hydrogen) atoms. The monoisotopic (exact) mass is 236 g/mol. The van der Waals surface area contributed by atoms with Crippen molar-refractivity contribution in [2.75, 3.05) is 5.32 Å². The summed E-state index contributed by atoms with van der Waals surface area (Å²) in [5, 5.41) is 10.5. The highest BCUT2D eigenvalue weighted by atomic mass is 19.1. The Bertz CT molecular complexity index is 524. The molecule has 0 aliphatic carbocycles. The van der Waals surface area contributed by atoms with Crippen molar-refractivity contribution >= 4 is 11.7 Å². The molecule has 0 radical (unpaired) electrons. The minimum atomic E-state index is -0.313. The Hall–Kier alpha value is -1.95. The molecule has 0 aliphatic heterocycles. The predicted octanol–water partition coefficient (Wildman–Crippen LogP) is 2.28. The van der Waals surface area contributed by atoms with Gasteiger partial charge in [0.05, 0.1) is 6.04 Å². The third-order valence-electron chi connectivity index (χ3n) is 2.26. The predicted molar refractivity (Wildman–Crippen MR) is 61.3 cm³/mol. The SMILES string of the molecule is Cc1cc(F)ccc1Nc1nnc(C(C)N)o1. The first-order valence-electron chi connectivity index (χ1n) is 5.18. The van der Waals surface area contributed by atoms with Gasteiger partial charge in [-0.3, -0.25) is 0 Å². The minimum Gasteiger partial charge on any atom is -0.406 e. The van der Waals surface area contributed by atoms with E-state index < -0.39 is 0 Å². The number of hydrogen-bond donors (Lipinski definition) is 2. The number of aryl methyl sites for hydroxylation is 1. The highest BCUT2D eigenvalue weighted by Crippen LogP contribution is 2.21. The highest BCUT2D eigenvalue weighted by molar-refractivity contribution is 5.56. The molecule has 1 atom stereocenters. The van der Waals surface area contributed by atoms with Crippen molar-refractivity contribution in [2.45, 2.75) is 19.9 Å². The van der Waals surface area contributed by atoms with E-state index in [9.17, 15) is 4.39 Å². The van der Waals surface area contributed by atoms with E-state index in [2.05, 4.69) is 15.5 Å². The maximum absolute atomic E-state index is 12.9. The lowest BCUT2D eigenvalue weighted by Gasteiger charge is -2.05. The summed E-state index contributed by atoms with van der Waals surface area (Å²) in [4.78, 5) is 0. The van der Waals surface area contributed by atoms with Gasteiger partial charge in [0.15, 0.2) is 0 Å².